The second-order valence-electron chi connectivity index (χ2n) is 11.0. The molecule has 0 unspecified atom stereocenters. The van der Waals surface area contributed by atoms with E-state index in [2.05, 4.69) is 63.7 Å². The first kappa shape index (κ1) is 29.9. The van der Waals surface area contributed by atoms with Crippen LogP contribution >= 0.6 is 0 Å². The third-order valence-corrected chi connectivity index (χ3v) is 8.33. The minimum atomic E-state index is -0.383. The zero-order valence-electron chi connectivity index (χ0n) is 25.3. The van der Waals surface area contributed by atoms with Gasteiger partial charge in [-0.2, -0.15) is 5.10 Å². The van der Waals surface area contributed by atoms with Gasteiger partial charge < -0.3 is 15.0 Å². The minimum Gasteiger partial charge on any atom is -0.379 e. The minimum absolute atomic E-state index is 0.143. The average molecular weight is 574 g/mol. The molecule has 5 rings (SSSR count). The number of amides is 2. The molecule has 224 valence electrons. The van der Waals surface area contributed by atoms with Crippen LogP contribution in [-0.4, -0.2) is 102 Å². The molecular weight excluding hydrogens is 530 g/mol. The van der Waals surface area contributed by atoms with Crippen LogP contribution in [0.3, 0.4) is 0 Å². The van der Waals surface area contributed by atoms with E-state index in [-0.39, 0.29) is 11.8 Å². The molecule has 2 fully saturated rings. The molecule has 2 aromatic rings. The van der Waals surface area contributed by atoms with Crippen molar-refractivity contribution in [2.24, 2.45) is 0 Å². The lowest BCUT2D eigenvalue weighted by Gasteiger charge is -2.35. The predicted molar refractivity (Wildman–Crippen MR) is 166 cm³/mol. The summed E-state index contributed by atoms with van der Waals surface area (Å²) in [6.45, 7) is 17.0. The van der Waals surface area contributed by atoms with Crippen molar-refractivity contribution in [1.82, 2.24) is 30.4 Å². The number of hydrazine groups is 1. The van der Waals surface area contributed by atoms with Crippen molar-refractivity contribution in [3.05, 3.63) is 64.4 Å². The number of piperazine rings is 1. The second kappa shape index (κ2) is 13.6. The Balaban J connectivity index is 1.37. The molecule has 0 saturated carbocycles. The number of nitrogens with zero attached hydrogens (tertiary/aromatic N) is 4. The van der Waals surface area contributed by atoms with Crippen LogP contribution in [0, 0.1) is 0 Å². The number of H-pyrrole nitrogens is 1. The van der Waals surface area contributed by atoms with Gasteiger partial charge in [-0.05, 0) is 57.0 Å². The number of benzene rings is 1. The summed E-state index contributed by atoms with van der Waals surface area (Å²) in [6.07, 6.45) is 7.52. The molecule has 1 aromatic heterocycles. The van der Waals surface area contributed by atoms with Gasteiger partial charge in [-0.15, -0.1) is 0 Å². The van der Waals surface area contributed by atoms with Crippen molar-refractivity contribution < 1.29 is 14.3 Å². The molecule has 3 heterocycles. The molecule has 1 aliphatic carbocycles. The van der Waals surface area contributed by atoms with Crippen molar-refractivity contribution in [2.45, 2.75) is 34.1 Å². The number of morpholine rings is 1. The molecule has 2 saturated heterocycles. The Bertz CT molecular complexity index is 1390. The molecule has 3 aliphatic rings. The zero-order valence-corrected chi connectivity index (χ0v) is 25.3. The van der Waals surface area contributed by atoms with E-state index in [0.29, 0.717) is 54.5 Å². The van der Waals surface area contributed by atoms with Crippen molar-refractivity contribution in [1.29, 1.82) is 0 Å². The highest BCUT2D eigenvalue weighted by Gasteiger charge is 2.35. The van der Waals surface area contributed by atoms with E-state index >= 15 is 0 Å². The first-order valence-electron chi connectivity index (χ1n) is 15.1. The quantitative estimate of drug-likeness (QED) is 0.328. The van der Waals surface area contributed by atoms with Gasteiger partial charge in [0.15, 0.2) is 5.78 Å². The number of anilines is 1. The van der Waals surface area contributed by atoms with Crippen molar-refractivity contribution in [3.8, 4) is 11.3 Å². The molecule has 42 heavy (non-hydrogen) atoms. The van der Waals surface area contributed by atoms with Gasteiger partial charge in [0.25, 0.3) is 0 Å². The van der Waals surface area contributed by atoms with Crippen LogP contribution in [0.4, 0.5) is 10.5 Å². The number of aromatic nitrogens is 2. The second-order valence-corrected chi connectivity index (χ2v) is 11.0. The van der Waals surface area contributed by atoms with Gasteiger partial charge in [0, 0.05) is 51.4 Å². The molecule has 1 aromatic carbocycles. The largest absolute Gasteiger partial charge is 0.379 e. The van der Waals surface area contributed by atoms with Crippen molar-refractivity contribution >= 4 is 23.1 Å². The Hall–Kier alpha value is -3.57. The number of ketones is 1. The van der Waals surface area contributed by atoms with Crippen LogP contribution in [0.5, 0.6) is 0 Å². The standard InChI is InChI=1S/C32H43N7O3/c1-5-11-37-12-14-38(15-13-37)21-24(22(4)6-2)20-23(7-3)29-28-30(35-34-29)25-9-8-10-26(27(25)31(28)40)33-32(41)36-39-16-18-42-19-17-39/h6-10,20H,5,11-19,21H2,1-4H3,(H,34,35)(H2,33,36,41)/b22-6-,23-7+,24-20-. The molecule has 0 atom stereocenters. The maximum atomic E-state index is 13.9. The van der Waals surface area contributed by atoms with Crippen molar-refractivity contribution in [3.63, 3.8) is 0 Å². The van der Waals surface area contributed by atoms with E-state index in [1.807, 2.05) is 30.1 Å². The summed E-state index contributed by atoms with van der Waals surface area (Å²) in [7, 11) is 0. The number of carbonyl (C=O) groups excluding carboxylic acids is 2. The zero-order chi connectivity index (χ0) is 29.6. The number of nitrogens with one attached hydrogen (secondary N) is 3. The average Bonchev–Trinajstić information content (AvgIpc) is 3.56. The van der Waals surface area contributed by atoms with Crippen LogP contribution in [0.2, 0.25) is 0 Å². The Kier molecular flexibility index (Phi) is 9.69. The van der Waals surface area contributed by atoms with Gasteiger partial charge in [-0.25, -0.2) is 9.80 Å². The number of ether oxygens (including phenoxy) is 1. The molecule has 2 aliphatic heterocycles. The normalized spacial score (nSPS) is 19.1. The van der Waals surface area contributed by atoms with E-state index in [9.17, 15) is 9.59 Å². The van der Waals surface area contributed by atoms with E-state index < -0.39 is 0 Å². The Morgan fingerprint density at radius 2 is 1.79 bits per heavy atom. The molecule has 0 spiro atoms. The number of carbonyl (C=O) groups is 2. The summed E-state index contributed by atoms with van der Waals surface area (Å²) < 4.78 is 5.35. The Morgan fingerprint density at radius 1 is 1.05 bits per heavy atom. The number of aromatic amines is 1. The fraction of sp³-hybridized carbons (Fsp3) is 0.469. The van der Waals surface area contributed by atoms with Gasteiger partial charge in [-0.3, -0.25) is 20.2 Å². The summed E-state index contributed by atoms with van der Waals surface area (Å²) in [6, 6.07) is 5.12. The lowest BCUT2D eigenvalue weighted by molar-refractivity contribution is 0.0207. The van der Waals surface area contributed by atoms with Crippen LogP contribution < -0.4 is 10.7 Å². The third-order valence-electron chi connectivity index (χ3n) is 8.33. The number of fused-ring (bicyclic) bond motifs is 3. The molecule has 2 amide bonds. The molecule has 10 nitrogen and oxygen atoms in total. The number of allylic oxidation sites excluding steroid dienone is 4. The number of hydrogen-bond donors (Lipinski definition) is 3. The molecule has 0 bridgehead atoms. The monoisotopic (exact) mass is 573 g/mol. The SMILES string of the molecule is C\C=C(C)/C(=C\C(=C/C)c1n[nH]c2c1C(=O)c1c(NC(=O)NN3CCOCC3)cccc1-2)CN1CCN(CCC)CC1. The summed E-state index contributed by atoms with van der Waals surface area (Å²) in [5.41, 5.74) is 9.74. The molecule has 3 N–H and O–H groups in total. The topological polar surface area (TPSA) is 106 Å². The summed E-state index contributed by atoms with van der Waals surface area (Å²) in [5.74, 6) is -0.143. The Morgan fingerprint density at radius 3 is 2.48 bits per heavy atom. The maximum Gasteiger partial charge on any atom is 0.333 e. The summed E-state index contributed by atoms with van der Waals surface area (Å²) >= 11 is 0. The van der Waals surface area contributed by atoms with Gasteiger partial charge in [0.2, 0.25) is 0 Å². The van der Waals surface area contributed by atoms with Crippen LogP contribution in [-0.2, 0) is 4.74 Å². The lowest BCUT2D eigenvalue weighted by Crippen LogP contribution is -2.49. The highest BCUT2D eigenvalue weighted by molar-refractivity contribution is 6.26. The highest BCUT2D eigenvalue weighted by atomic mass is 16.5. The van der Waals surface area contributed by atoms with Gasteiger partial charge in [0.1, 0.15) is 5.69 Å². The number of hydrogen-bond acceptors (Lipinski definition) is 7. The van der Waals surface area contributed by atoms with Gasteiger partial charge in [0.05, 0.1) is 35.7 Å². The Labute approximate surface area is 248 Å². The molecule has 10 heteroatoms. The first-order chi connectivity index (χ1) is 20.4. The fourth-order valence-electron chi connectivity index (χ4n) is 5.84. The van der Waals surface area contributed by atoms with E-state index in [1.54, 1.807) is 6.07 Å². The van der Waals surface area contributed by atoms with Crippen molar-refractivity contribution in [2.75, 3.05) is 70.9 Å². The summed E-state index contributed by atoms with van der Waals surface area (Å²) in [5, 5.41) is 12.5. The predicted octanol–water partition coefficient (Wildman–Crippen LogP) is 4.31. The highest BCUT2D eigenvalue weighted by Crippen LogP contribution is 2.42. The fourth-order valence-corrected chi connectivity index (χ4v) is 5.84. The van der Waals surface area contributed by atoms with E-state index in [4.69, 9.17) is 4.74 Å². The van der Waals surface area contributed by atoms with E-state index in [0.717, 1.165) is 50.4 Å². The summed E-state index contributed by atoms with van der Waals surface area (Å²) in [4.78, 5) is 31.8. The van der Waals surface area contributed by atoms with Gasteiger partial charge in [-0.1, -0.05) is 36.8 Å². The maximum absolute atomic E-state index is 13.9. The lowest BCUT2D eigenvalue weighted by atomic mass is 9.98. The number of urea groups is 1. The molecule has 0 radical (unpaired) electrons. The number of rotatable bonds is 9. The van der Waals surface area contributed by atoms with Crippen LogP contribution in [0.1, 0.15) is 55.7 Å². The first-order valence-corrected chi connectivity index (χ1v) is 15.1. The molecular formula is C32H43N7O3. The van der Waals surface area contributed by atoms with Crippen LogP contribution in [0.25, 0.3) is 16.8 Å². The van der Waals surface area contributed by atoms with Crippen LogP contribution in [0.15, 0.2) is 47.6 Å². The smallest absolute Gasteiger partial charge is 0.333 e. The van der Waals surface area contributed by atoms with E-state index in [1.165, 1.54) is 17.6 Å². The third kappa shape index (κ3) is 6.42. The van der Waals surface area contributed by atoms with Gasteiger partial charge >= 0.3 is 6.03 Å².